The molecule has 2 aromatic heterocycles. The van der Waals surface area contributed by atoms with Crippen molar-refractivity contribution in [1.82, 2.24) is 15.0 Å². The van der Waals surface area contributed by atoms with E-state index in [2.05, 4.69) is 25.3 Å². The third kappa shape index (κ3) is 3.67. The third-order valence-corrected chi connectivity index (χ3v) is 4.94. The van der Waals surface area contributed by atoms with Gasteiger partial charge in [-0.2, -0.15) is 13.2 Å². The van der Waals surface area contributed by atoms with Crippen LogP contribution in [-0.2, 0) is 12.7 Å². The second-order valence-electron chi connectivity index (χ2n) is 6.92. The predicted molar refractivity (Wildman–Crippen MR) is 91.4 cm³/mol. The lowest BCUT2D eigenvalue weighted by Gasteiger charge is -2.29. The summed E-state index contributed by atoms with van der Waals surface area (Å²) in [5.74, 6) is -2.22. The van der Waals surface area contributed by atoms with Gasteiger partial charge >= 0.3 is 6.18 Å². The summed E-state index contributed by atoms with van der Waals surface area (Å²) in [6.45, 7) is 0.288. The fourth-order valence-corrected chi connectivity index (χ4v) is 3.48. The van der Waals surface area contributed by atoms with Crippen LogP contribution in [0.2, 0.25) is 0 Å². The van der Waals surface area contributed by atoms with Gasteiger partial charge < -0.3 is 5.32 Å². The Morgan fingerprint density at radius 2 is 1.82 bits per heavy atom. The van der Waals surface area contributed by atoms with Crippen LogP contribution in [0.4, 0.5) is 27.8 Å². The highest BCUT2D eigenvalue weighted by Gasteiger charge is 2.36. The van der Waals surface area contributed by atoms with Gasteiger partial charge in [0.05, 0.1) is 18.0 Å². The van der Waals surface area contributed by atoms with Crippen LogP contribution in [0.15, 0.2) is 29.6 Å². The first-order valence-corrected chi connectivity index (χ1v) is 8.80. The van der Waals surface area contributed by atoms with Crippen LogP contribution >= 0.6 is 0 Å². The first-order chi connectivity index (χ1) is 13.2. The molecule has 0 radical (unpaired) electrons. The van der Waals surface area contributed by atoms with Gasteiger partial charge in [0, 0.05) is 30.6 Å². The summed E-state index contributed by atoms with van der Waals surface area (Å²) in [7, 11) is 0. The minimum atomic E-state index is -4.59. The molecule has 0 spiro atoms. The summed E-state index contributed by atoms with van der Waals surface area (Å²) in [4.78, 5) is 15.8. The van der Waals surface area contributed by atoms with Gasteiger partial charge in [0.1, 0.15) is 17.8 Å². The summed E-state index contributed by atoms with van der Waals surface area (Å²) in [6, 6.07) is 2.40. The molecule has 10 heteroatoms. The van der Waals surface area contributed by atoms with Crippen LogP contribution in [0.3, 0.4) is 0 Å². The van der Waals surface area contributed by atoms with Gasteiger partial charge in [0.2, 0.25) is 5.92 Å². The predicted octanol–water partition coefficient (Wildman–Crippen LogP) is 4.23. The molecule has 1 N–H and O–H groups in total. The van der Waals surface area contributed by atoms with Crippen molar-refractivity contribution < 1.29 is 22.0 Å². The van der Waals surface area contributed by atoms with Gasteiger partial charge in [-0.15, -0.1) is 0 Å². The zero-order valence-electron chi connectivity index (χ0n) is 14.6. The molecule has 0 atom stereocenters. The van der Waals surface area contributed by atoms with E-state index in [9.17, 15) is 22.0 Å². The van der Waals surface area contributed by atoms with Gasteiger partial charge in [0.25, 0.3) is 0 Å². The smallest absolute Gasteiger partial charge is 0.367 e. The Kier molecular flexibility index (Phi) is 4.51. The van der Waals surface area contributed by atoms with Crippen molar-refractivity contribution >= 4 is 11.5 Å². The van der Waals surface area contributed by atoms with Crippen LogP contribution in [0, 0.1) is 0 Å². The fourth-order valence-electron chi connectivity index (χ4n) is 3.48. The summed E-state index contributed by atoms with van der Waals surface area (Å²) in [5, 5.41) is 3.17. The molecule has 5 nitrogen and oxygen atoms in total. The maximum absolute atomic E-state index is 13.4. The SMILES string of the molecule is FC1(F)CCC(Nc2nccc3c2C(c2cc(C(F)(F)F)ncn2)=NC3)CC1. The summed E-state index contributed by atoms with van der Waals surface area (Å²) < 4.78 is 65.7. The van der Waals surface area contributed by atoms with E-state index < -0.39 is 17.8 Å². The van der Waals surface area contributed by atoms with Crippen molar-refractivity contribution in [3.8, 4) is 0 Å². The van der Waals surface area contributed by atoms with E-state index in [4.69, 9.17) is 0 Å². The topological polar surface area (TPSA) is 63.1 Å². The maximum Gasteiger partial charge on any atom is 0.433 e. The van der Waals surface area contributed by atoms with Crippen molar-refractivity contribution in [2.75, 3.05) is 5.32 Å². The number of rotatable bonds is 3. The number of aromatic nitrogens is 3. The van der Waals surface area contributed by atoms with Gasteiger partial charge in [0.15, 0.2) is 0 Å². The first-order valence-electron chi connectivity index (χ1n) is 8.80. The molecule has 0 unspecified atom stereocenters. The molecule has 148 valence electrons. The molecule has 3 heterocycles. The van der Waals surface area contributed by atoms with Gasteiger partial charge in [-0.3, -0.25) is 4.99 Å². The number of fused-ring (bicyclic) bond motifs is 1. The number of anilines is 1. The number of halogens is 5. The zero-order chi connectivity index (χ0) is 19.9. The molecule has 2 aromatic rings. The quantitative estimate of drug-likeness (QED) is 0.788. The maximum atomic E-state index is 13.4. The van der Waals surface area contributed by atoms with Gasteiger partial charge in [-0.1, -0.05) is 0 Å². The standard InChI is InChI=1S/C18H16F5N5/c19-17(20)4-1-11(2-5-17)28-16-14-10(3-6-24-16)8-25-15(14)12-7-13(18(21,22)23)27-9-26-12/h3,6-7,9,11H,1-2,4-5,8H2,(H,24,28). The fraction of sp³-hybridized carbons (Fsp3) is 0.444. The zero-order valence-corrected chi connectivity index (χ0v) is 14.6. The van der Waals surface area contributed by atoms with Crippen molar-refractivity contribution in [1.29, 1.82) is 0 Å². The molecular formula is C18H16F5N5. The number of hydrogen-bond donors (Lipinski definition) is 1. The summed E-state index contributed by atoms with van der Waals surface area (Å²) >= 11 is 0. The molecule has 0 aromatic carbocycles. The molecule has 1 fully saturated rings. The summed E-state index contributed by atoms with van der Waals surface area (Å²) in [6.07, 6.45) is -2.01. The van der Waals surface area contributed by atoms with E-state index in [0.717, 1.165) is 18.0 Å². The van der Waals surface area contributed by atoms with Gasteiger partial charge in [-0.25, -0.2) is 23.7 Å². The Bertz CT molecular complexity index is 915. The van der Waals surface area contributed by atoms with Crippen LogP contribution in [-0.4, -0.2) is 32.6 Å². The van der Waals surface area contributed by atoms with Crippen LogP contribution in [0.5, 0.6) is 0 Å². The van der Waals surface area contributed by atoms with E-state index >= 15 is 0 Å². The number of pyridine rings is 1. The molecule has 28 heavy (non-hydrogen) atoms. The number of alkyl halides is 5. The Morgan fingerprint density at radius 3 is 2.54 bits per heavy atom. The lowest BCUT2D eigenvalue weighted by molar-refractivity contribution is -0.141. The second kappa shape index (κ2) is 6.75. The van der Waals surface area contributed by atoms with E-state index in [1.807, 2.05) is 0 Å². The van der Waals surface area contributed by atoms with Crippen LogP contribution in [0.25, 0.3) is 0 Å². The molecule has 1 aliphatic carbocycles. The Balaban J connectivity index is 1.63. The lowest BCUT2D eigenvalue weighted by atomic mass is 9.92. The monoisotopic (exact) mass is 397 g/mol. The number of nitrogens with zero attached hydrogens (tertiary/aromatic N) is 4. The highest BCUT2D eigenvalue weighted by atomic mass is 19.4. The van der Waals surface area contributed by atoms with Crippen LogP contribution < -0.4 is 5.32 Å². The van der Waals surface area contributed by atoms with Crippen molar-refractivity contribution in [2.24, 2.45) is 4.99 Å². The van der Waals surface area contributed by atoms with Gasteiger partial charge in [-0.05, 0) is 30.5 Å². The van der Waals surface area contributed by atoms with E-state index in [0.29, 0.717) is 17.1 Å². The highest BCUT2D eigenvalue weighted by Crippen LogP contribution is 2.36. The molecular weight excluding hydrogens is 381 g/mol. The number of nitrogens with one attached hydrogen (secondary N) is 1. The average molecular weight is 397 g/mol. The Hall–Kier alpha value is -2.65. The van der Waals surface area contributed by atoms with E-state index in [-0.39, 0.29) is 44.0 Å². The Labute approximate surface area is 157 Å². The van der Waals surface area contributed by atoms with Crippen molar-refractivity contribution in [3.05, 3.63) is 47.2 Å². The second-order valence-corrected chi connectivity index (χ2v) is 6.92. The average Bonchev–Trinajstić information content (AvgIpc) is 3.08. The minimum Gasteiger partial charge on any atom is -0.367 e. The normalized spacial score (nSPS) is 19.2. The van der Waals surface area contributed by atoms with Crippen molar-refractivity contribution in [2.45, 2.75) is 50.4 Å². The molecule has 0 bridgehead atoms. The molecule has 2 aliphatic rings. The number of hydrogen-bond acceptors (Lipinski definition) is 5. The minimum absolute atomic E-state index is 0.0484. The molecule has 4 rings (SSSR count). The molecule has 0 saturated heterocycles. The number of aliphatic imine (C=N–C) groups is 1. The summed E-state index contributed by atoms with van der Waals surface area (Å²) in [5.41, 5.74) is 0.640. The lowest BCUT2D eigenvalue weighted by Crippen LogP contribution is -2.32. The molecule has 0 amide bonds. The Morgan fingerprint density at radius 1 is 1.07 bits per heavy atom. The first kappa shape index (κ1) is 18.7. The molecule has 1 aliphatic heterocycles. The van der Waals surface area contributed by atoms with Crippen molar-refractivity contribution in [3.63, 3.8) is 0 Å². The van der Waals surface area contributed by atoms with E-state index in [1.165, 1.54) is 0 Å². The van der Waals surface area contributed by atoms with Crippen LogP contribution in [0.1, 0.15) is 48.2 Å². The third-order valence-electron chi connectivity index (χ3n) is 4.94. The largest absolute Gasteiger partial charge is 0.433 e. The molecule has 1 saturated carbocycles. The highest BCUT2D eigenvalue weighted by molar-refractivity contribution is 6.16. The van der Waals surface area contributed by atoms with E-state index in [1.54, 1.807) is 12.3 Å².